The molecule has 1 amide bonds. The van der Waals surface area contributed by atoms with Crippen LogP contribution < -0.4 is 4.90 Å². The van der Waals surface area contributed by atoms with Gasteiger partial charge < -0.3 is 0 Å². The van der Waals surface area contributed by atoms with Gasteiger partial charge in [0.25, 0.3) is 0 Å². The Morgan fingerprint density at radius 2 is 2.47 bits per heavy atom. The molecule has 2 rings (SSSR count). The highest BCUT2D eigenvalue weighted by molar-refractivity contribution is 9.09. The van der Waals surface area contributed by atoms with E-state index in [2.05, 4.69) is 25.9 Å². The SMILES string of the molecule is N#Cc1cnc(Cl)nc1N1CC(CBr)CC1=O. The van der Waals surface area contributed by atoms with Gasteiger partial charge in [0.05, 0.1) is 6.20 Å². The van der Waals surface area contributed by atoms with Crippen LogP contribution in [0, 0.1) is 17.2 Å². The summed E-state index contributed by atoms with van der Waals surface area (Å²) in [5, 5.41) is 9.74. The minimum Gasteiger partial charge on any atom is -0.295 e. The van der Waals surface area contributed by atoms with E-state index in [1.54, 1.807) is 0 Å². The van der Waals surface area contributed by atoms with Crippen LogP contribution in [0.2, 0.25) is 5.28 Å². The minimum atomic E-state index is -0.0410. The second-order valence-electron chi connectivity index (χ2n) is 3.72. The fourth-order valence-electron chi connectivity index (χ4n) is 1.73. The summed E-state index contributed by atoms with van der Waals surface area (Å²) in [4.78, 5) is 21.0. The van der Waals surface area contributed by atoms with E-state index in [-0.39, 0.29) is 22.7 Å². The molecule has 1 fully saturated rings. The smallest absolute Gasteiger partial charge is 0.228 e. The molecule has 2 heterocycles. The third kappa shape index (κ3) is 2.40. The van der Waals surface area contributed by atoms with Crippen molar-refractivity contribution in [3.63, 3.8) is 0 Å². The predicted molar refractivity (Wildman–Crippen MR) is 66.0 cm³/mol. The number of nitrogens with zero attached hydrogens (tertiary/aromatic N) is 4. The Hall–Kier alpha value is -1.19. The van der Waals surface area contributed by atoms with Gasteiger partial charge in [0.2, 0.25) is 11.2 Å². The van der Waals surface area contributed by atoms with Gasteiger partial charge in [-0.3, -0.25) is 9.69 Å². The van der Waals surface area contributed by atoms with Crippen molar-refractivity contribution in [3.05, 3.63) is 17.0 Å². The van der Waals surface area contributed by atoms with E-state index in [4.69, 9.17) is 16.9 Å². The summed E-state index contributed by atoms with van der Waals surface area (Å²) in [5.41, 5.74) is 0.262. The second kappa shape index (κ2) is 4.98. The van der Waals surface area contributed by atoms with E-state index >= 15 is 0 Å². The van der Waals surface area contributed by atoms with Gasteiger partial charge in [0, 0.05) is 18.3 Å². The first-order valence-electron chi connectivity index (χ1n) is 4.94. The molecule has 0 radical (unpaired) electrons. The molecule has 0 spiro atoms. The molecule has 1 aromatic rings. The molecule has 1 aliphatic rings. The van der Waals surface area contributed by atoms with E-state index in [1.807, 2.05) is 6.07 Å². The largest absolute Gasteiger partial charge is 0.295 e. The Balaban J connectivity index is 2.37. The summed E-state index contributed by atoms with van der Waals surface area (Å²) in [7, 11) is 0. The van der Waals surface area contributed by atoms with Crippen LogP contribution in [0.15, 0.2) is 6.20 Å². The molecule has 1 atom stereocenters. The zero-order valence-corrected chi connectivity index (χ0v) is 11.1. The van der Waals surface area contributed by atoms with Gasteiger partial charge in [0.15, 0.2) is 5.82 Å². The van der Waals surface area contributed by atoms with E-state index in [0.29, 0.717) is 18.8 Å². The van der Waals surface area contributed by atoms with Crippen molar-refractivity contribution in [1.29, 1.82) is 5.26 Å². The average molecular weight is 316 g/mol. The molecule has 1 unspecified atom stereocenters. The first-order valence-corrected chi connectivity index (χ1v) is 6.44. The standard InChI is InChI=1S/C10H8BrClN4O/c11-2-6-1-8(17)16(5-6)9-7(3-13)4-14-10(12)15-9/h4,6H,1-2,5H2. The summed E-state index contributed by atoms with van der Waals surface area (Å²) >= 11 is 9.04. The minimum absolute atomic E-state index is 0.0362. The maximum absolute atomic E-state index is 11.8. The zero-order chi connectivity index (χ0) is 12.4. The Morgan fingerprint density at radius 1 is 1.71 bits per heavy atom. The Kier molecular flexibility index (Phi) is 3.60. The Morgan fingerprint density at radius 3 is 3.06 bits per heavy atom. The van der Waals surface area contributed by atoms with Crippen molar-refractivity contribution >= 4 is 39.3 Å². The normalized spacial score (nSPS) is 19.5. The molecule has 0 saturated carbocycles. The highest BCUT2D eigenvalue weighted by Gasteiger charge is 2.32. The highest BCUT2D eigenvalue weighted by Crippen LogP contribution is 2.27. The van der Waals surface area contributed by atoms with Crippen molar-refractivity contribution in [2.45, 2.75) is 6.42 Å². The van der Waals surface area contributed by atoms with Crippen LogP contribution in [-0.4, -0.2) is 27.7 Å². The third-order valence-corrected chi connectivity index (χ3v) is 3.64. The maximum Gasteiger partial charge on any atom is 0.228 e. The van der Waals surface area contributed by atoms with Crippen molar-refractivity contribution in [2.75, 3.05) is 16.8 Å². The van der Waals surface area contributed by atoms with Gasteiger partial charge in [-0.05, 0) is 17.5 Å². The lowest BCUT2D eigenvalue weighted by Crippen LogP contribution is -2.26. The van der Waals surface area contributed by atoms with Gasteiger partial charge in [0.1, 0.15) is 11.6 Å². The first-order chi connectivity index (χ1) is 8.15. The van der Waals surface area contributed by atoms with Gasteiger partial charge in [-0.2, -0.15) is 10.2 Å². The van der Waals surface area contributed by atoms with Gasteiger partial charge in [-0.1, -0.05) is 15.9 Å². The van der Waals surface area contributed by atoms with E-state index < -0.39 is 0 Å². The lowest BCUT2D eigenvalue weighted by atomic mass is 10.2. The van der Waals surface area contributed by atoms with E-state index in [1.165, 1.54) is 11.1 Å². The summed E-state index contributed by atoms with van der Waals surface area (Å²) in [6.07, 6.45) is 1.79. The van der Waals surface area contributed by atoms with Crippen molar-refractivity contribution < 1.29 is 4.79 Å². The van der Waals surface area contributed by atoms with Crippen molar-refractivity contribution in [1.82, 2.24) is 9.97 Å². The van der Waals surface area contributed by atoms with Crippen LogP contribution in [0.4, 0.5) is 5.82 Å². The number of alkyl halides is 1. The number of nitriles is 1. The molecule has 5 nitrogen and oxygen atoms in total. The van der Waals surface area contributed by atoms with Gasteiger partial charge >= 0.3 is 0 Å². The molecular formula is C10H8BrClN4O. The summed E-state index contributed by atoms with van der Waals surface area (Å²) in [5.74, 6) is 0.504. The van der Waals surface area contributed by atoms with Crippen LogP contribution in [0.25, 0.3) is 0 Å². The van der Waals surface area contributed by atoms with Gasteiger partial charge in [-0.25, -0.2) is 4.98 Å². The first kappa shape index (κ1) is 12.3. The monoisotopic (exact) mass is 314 g/mol. The number of carbonyl (C=O) groups excluding carboxylic acids is 1. The van der Waals surface area contributed by atoms with E-state index in [9.17, 15) is 4.79 Å². The lowest BCUT2D eigenvalue weighted by molar-refractivity contribution is -0.117. The molecule has 0 bridgehead atoms. The molecule has 88 valence electrons. The molecule has 17 heavy (non-hydrogen) atoms. The topological polar surface area (TPSA) is 69.9 Å². The Labute approximate surface area is 112 Å². The number of aromatic nitrogens is 2. The molecule has 1 aliphatic heterocycles. The zero-order valence-electron chi connectivity index (χ0n) is 8.73. The van der Waals surface area contributed by atoms with Crippen LogP contribution in [0.3, 0.4) is 0 Å². The number of hydrogen-bond acceptors (Lipinski definition) is 4. The van der Waals surface area contributed by atoms with Gasteiger partial charge in [-0.15, -0.1) is 0 Å². The highest BCUT2D eigenvalue weighted by atomic mass is 79.9. The second-order valence-corrected chi connectivity index (χ2v) is 4.70. The fourth-order valence-corrected chi connectivity index (χ4v) is 2.29. The van der Waals surface area contributed by atoms with Crippen molar-refractivity contribution in [3.8, 4) is 6.07 Å². The number of halogens is 2. The van der Waals surface area contributed by atoms with Crippen LogP contribution >= 0.6 is 27.5 Å². The average Bonchev–Trinajstić information content (AvgIpc) is 2.70. The van der Waals surface area contributed by atoms with Crippen molar-refractivity contribution in [2.24, 2.45) is 5.92 Å². The molecule has 0 N–H and O–H groups in total. The Bertz CT molecular complexity index is 502. The third-order valence-electron chi connectivity index (χ3n) is 2.54. The van der Waals surface area contributed by atoms with Crippen LogP contribution in [-0.2, 0) is 4.79 Å². The number of amides is 1. The molecule has 1 aromatic heterocycles. The summed E-state index contributed by atoms with van der Waals surface area (Å²) < 4.78 is 0. The summed E-state index contributed by atoms with van der Waals surface area (Å²) in [6, 6.07) is 1.96. The molecule has 0 aliphatic carbocycles. The number of hydrogen-bond donors (Lipinski definition) is 0. The maximum atomic E-state index is 11.8. The van der Waals surface area contributed by atoms with E-state index in [0.717, 1.165) is 5.33 Å². The number of anilines is 1. The molecule has 0 aromatic carbocycles. The quantitative estimate of drug-likeness (QED) is 0.616. The lowest BCUT2D eigenvalue weighted by Gasteiger charge is -2.16. The number of carbonyl (C=O) groups is 1. The predicted octanol–water partition coefficient (Wildman–Crippen LogP) is 1.75. The number of rotatable bonds is 2. The summed E-state index contributed by atoms with van der Waals surface area (Å²) in [6.45, 7) is 0.548. The molecule has 1 saturated heterocycles. The fraction of sp³-hybridized carbons (Fsp3) is 0.400. The van der Waals surface area contributed by atoms with Crippen LogP contribution in [0.1, 0.15) is 12.0 Å². The molecule has 7 heteroatoms. The van der Waals surface area contributed by atoms with Crippen LogP contribution in [0.5, 0.6) is 0 Å². The molecular weight excluding hydrogens is 307 g/mol.